The summed E-state index contributed by atoms with van der Waals surface area (Å²) in [6.45, 7) is 0.842. The molecule has 0 aliphatic carbocycles. The van der Waals surface area contributed by atoms with Gasteiger partial charge in [0, 0.05) is 31.7 Å². The number of sulfonamides is 1. The van der Waals surface area contributed by atoms with Gasteiger partial charge in [-0.15, -0.1) is 0 Å². The summed E-state index contributed by atoms with van der Waals surface area (Å²) in [5.41, 5.74) is 0.625. The average Bonchev–Trinajstić information content (AvgIpc) is 3.03. The second kappa shape index (κ2) is 5.27. The lowest BCUT2D eigenvalue weighted by Gasteiger charge is -2.31. The Balaban J connectivity index is 1.83. The number of rotatable bonds is 3. The standard InChI is InChI=1S/C11H13N5O3S/c17-20(18,9-5-14-15-6-9)16-3-4-19-11(8-16)10-7-12-1-2-13-10/h1-2,5-7,11H,3-4,8H2,(H,14,15)/t11-/m1/s1. The minimum absolute atomic E-state index is 0.150. The number of morpholine rings is 1. The molecule has 1 fully saturated rings. The van der Waals surface area contributed by atoms with E-state index in [9.17, 15) is 8.42 Å². The molecule has 0 saturated carbocycles. The Hall–Kier alpha value is -1.84. The predicted octanol–water partition coefficient (Wildman–Crippen LogP) is -0.0381. The molecule has 9 heteroatoms. The van der Waals surface area contributed by atoms with Crippen molar-refractivity contribution in [3.05, 3.63) is 36.7 Å². The van der Waals surface area contributed by atoms with Crippen LogP contribution in [0.4, 0.5) is 0 Å². The van der Waals surface area contributed by atoms with Crippen LogP contribution >= 0.6 is 0 Å². The van der Waals surface area contributed by atoms with Gasteiger partial charge in [-0.3, -0.25) is 15.1 Å². The van der Waals surface area contributed by atoms with E-state index in [1.807, 2.05) is 0 Å². The summed E-state index contributed by atoms with van der Waals surface area (Å²) in [5.74, 6) is 0. The zero-order valence-corrected chi connectivity index (χ0v) is 11.3. The van der Waals surface area contributed by atoms with Crippen molar-refractivity contribution in [1.82, 2.24) is 24.5 Å². The Kier molecular flexibility index (Phi) is 3.47. The lowest BCUT2D eigenvalue weighted by molar-refractivity contribution is -0.00514. The van der Waals surface area contributed by atoms with E-state index in [4.69, 9.17) is 4.74 Å². The molecular formula is C11H13N5O3S. The third kappa shape index (κ3) is 2.42. The van der Waals surface area contributed by atoms with Crippen LogP contribution in [0.3, 0.4) is 0 Å². The second-order valence-corrected chi connectivity index (χ2v) is 6.22. The Morgan fingerprint density at radius 3 is 2.95 bits per heavy atom. The van der Waals surface area contributed by atoms with Crippen LogP contribution in [-0.4, -0.2) is 52.6 Å². The van der Waals surface area contributed by atoms with Crippen LogP contribution in [0.15, 0.2) is 35.9 Å². The molecule has 1 aliphatic rings. The summed E-state index contributed by atoms with van der Waals surface area (Å²) in [7, 11) is -3.55. The molecule has 0 bridgehead atoms. The highest BCUT2D eigenvalue weighted by molar-refractivity contribution is 7.89. The van der Waals surface area contributed by atoms with Crippen LogP contribution in [0.5, 0.6) is 0 Å². The van der Waals surface area contributed by atoms with Gasteiger partial charge in [-0.25, -0.2) is 8.42 Å². The predicted molar refractivity (Wildman–Crippen MR) is 68.1 cm³/mol. The summed E-state index contributed by atoms with van der Waals surface area (Å²) >= 11 is 0. The zero-order valence-electron chi connectivity index (χ0n) is 10.5. The molecule has 0 aromatic carbocycles. The number of nitrogens with zero attached hydrogens (tertiary/aromatic N) is 4. The molecule has 20 heavy (non-hydrogen) atoms. The first-order chi connectivity index (χ1) is 9.68. The molecular weight excluding hydrogens is 282 g/mol. The number of hydrogen-bond acceptors (Lipinski definition) is 6. The summed E-state index contributed by atoms with van der Waals surface area (Å²) in [6.07, 6.45) is 6.95. The van der Waals surface area contributed by atoms with Crippen LogP contribution in [0, 0.1) is 0 Å². The molecule has 1 aliphatic heterocycles. The van der Waals surface area contributed by atoms with Crippen LogP contribution in [0.1, 0.15) is 11.8 Å². The molecule has 0 radical (unpaired) electrons. The maximum atomic E-state index is 12.4. The van der Waals surface area contributed by atoms with Gasteiger partial charge in [-0.2, -0.15) is 9.40 Å². The molecule has 2 aromatic rings. The Morgan fingerprint density at radius 2 is 2.25 bits per heavy atom. The van der Waals surface area contributed by atoms with Crippen molar-refractivity contribution in [3.63, 3.8) is 0 Å². The van der Waals surface area contributed by atoms with Crippen molar-refractivity contribution >= 4 is 10.0 Å². The fourth-order valence-electron chi connectivity index (χ4n) is 2.03. The largest absolute Gasteiger partial charge is 0.369 e. The van der Waals surface area contributed by atoms with E-state index < -0.39 is 16.1 Å². The minimum Gasteiger partial charge on any atom is -0.369 e. The van der Waals surface area contributed by atoms with E-state index >= 15 is 0 Å². The fraction of sp³-hybridized carbons (Fsp3) is 0.364. The molecule has 0 amide bonds. The molecule has 1 N–H and O–H groups in total. The molecule has 3 heterocycles. The first kappa shape index (κ1) is 13.2. The number of aromatic nitrogens is 4. The number of ether oxygens (including phenoxy) is 1. The maximum Gasteiger partial charge on any atom is 0.246 e. The van der Waals surface area contributed by atoms with Gasteiger partial charge in [0.2, 0.25) is 10.0 Å². The van der Waals surface area contributed by atoms with Crippen molar-refractivity contribution in [3.8, 4) is 0 Å². The summed E-state index contributed by atoms with van der Waals surface area (Å²) in [4.78, 5) is 8.28. The van der Waals surface area contributed by atoms with Gasteiger partial charge in [0.25, 0.3) is 0 Å². The van der Waals surface area contributed by atoms with Gasteiger partial charge in [0.15, 0.2) is 0 Å². The second-order valence-electron chi connectivity index (χ2n) is 4.29. The third-order valence-corrected chi connectivity index (χ3v) is 4.88. The minimum atomic E-state index is -3.55. The summed E-state index contributed by atoms with van der Waals surface area (Å²) < 4.78 is 31.7. The van der Waals surface area contributed by atoms with Crippen molar-refractivity contribution in [2.45, 2.75) is 11.0 Å². The number of H-pyrrole nitrogens is 1. The average molecular weight is 295 g/mol. The van der Waals surface area contributed by atoms with E-state index in [-0.39, 0.29) is 11.4 Å². The highest BCUT2D eigenvalue weighted by atomic mass is 32.2. The third-order valence-electron chi connectivity index (χ3n) is 3.05. The van der Waals surface area contributed by atoms with Crippen LogP contribution in [0.2, 0.25) is 0 Å². The van der Waals surface area contributed by atoms with E-state index in [1.54, 1.807) is 18.6 Å². The number of hydrogen-bond donors (Lipinski definition) is 1. The monoisotopic (exact) mass is 295 g/mol. The van der Waals surface area contributed by atoms with E-state index in [0.717, 1.165) is 0 Å². The lowest BCUT2D eigenvalue weighted by Crippen LogP contribution is -2.42. The molecule has 106 valence electrons. The van der Waals surface area contributed by atoms with Crippen molar-refractivity contribution < 1.29 is 13.2 Å². The van der Waals surface area contributed by atoms with Crippen molar-refractivity contribution in [2.75, 3.05) is 19.7 Å². The fourth-order valence-corrected chi connectivity index (χ4v) is 3.36. The molecule has 0 unspecified atom stereocenters. The first-order valence-electron chi connectivity index (χ1n) is 6.04. The normalized spacial score (nSPS) is 20.9. The molecule has 2 aromatic heterocycles. The van der Waals surface area contributed by atoms with Gasteiger partial charge >= 0.3 is 0 Å². The lowest BCUT2D eigenvalue weighted by atomic mass is 10.2. The Bertz CT molecular complexity index is 659. The van der Waals surface area contributed by atoms with E-state index in [1.165, 1.54) is 16.7 Å². The Labute approximate surface area is 115 Å². The molecule has 1 saturated heterocycles. The summed E-state index contributed by atoms with van der Waals surface area (Å²) in [6, 6.07) is 0. The van der Waals surface area contributed by atoms with Crippen LogP contribution < -0.4 is 0 Å². The van der Waals surface area contributed by atoms with Crippen LogP contribution in [0.25, 0.3) is 0 Å². The maximum absolute atomic E-state index is 12.4. The number of nitrogens with one attached hydrogen (secondary N) is 1. The SMILES string of the molecule is O=S(=O)(c1cn[nH]c1)N1CCO[C@@H](c2cnccn2)C1. The quantitative estimate of drug-likeness (QED) is 0.852. The zero-order chi connectivity index (χ0) is 14.0. The van der Waals surface area contributed by atoms with Crippen molar-refractivity contribution in [1.29, 1.82) is 0 Å². The molecule has 0 spiro atoms. The van der Waals surface area contributed by atoms with Gasteiger partial charge in [0.05, 0.1) is 24.7 Å². The molecule has 3 rings (SSSR count). The molecule has 8 nitrogen and oxygen atoms in total. The number of aromatic amines is 1. The topological polar surface area (TPSA) is 101 Å². The van der Waals surface area contributed by atoms with Gasteiger partial charge < -0.3 is 4.74 Å². The van der Waals surface area contributed by atoms with Gasteiger partial charge in [-0.05, 0) is 0 Å². The highest BCUT2D eigenvalue weighted by Gasteiger charge is 2.32. The van der Waals surface area contributed by atoms with Gasteiger partial charge in [-0.1, -0.05) is 0 Å². The van der Waals surface area contributed by atoms with Crippen molar-refractivity contribution in [2.24, 2.45) is 0 Å². The van der Waals surface area contributed by atoms with E-state index in [0.29, 0.717) is 18.8 Å². The van der Waals surface area contributed by atoms with Crippen LogP contribution in [-0.2, 0) is 14.8 Å². The summed E-state index contributed by atoms with van der Waals surface area (Å²) in [5, 5.41) is 6.18. The van der Waals surface area contributed by atoms with Gasteiger partial charge in [0.1, 0.15) is 11.0 Å². The molecule has 1 atom stereocenters. The first-order valence-corrected chi connectivity index (χ1v) is 7.48. The smallest absolute Gasteiger partial charge is 0.246 e. The highest BCUT2D eigenvalue weighted by Crippen LogP contribution is 2.24. The Morgan fingerprint density at radius 1 is 1.35 bits per heavy atom. The van der Waals surface area contributed by atoms with E-state index in [2.05, 4.69) is 20.2 Å².